The lowest BCUT2D eigenvalue weighted by atomic mass is 10.0. The highest BCUT2D eigenvalue weighted by Gasteiger charge is 2.24. The zero-order valence-corrected chi connectivity index (χ0v) is 21.5. The number of hydrogen-bond donors (Lipinski definition) is 2. The van der Waals surface area contributed by atoms with E-state index in [1.54, 1.807) is 0 Å². The molecule has 0 unspecified atom stereocenters. The number of nitrogens with one attached hydrogen (secondary N) is 2. The molecule has 28 heavy (non-hydrogen) atoms. The van der Waals surface area contributed by atoms with Gasteiger partial charge in [-0.25, -0.2) is 0 Å². The summed E-state index contributed by atoms with van der Waals surface area (Å²) in [5.74, 6) is 1.27. The summed E-state index contributed by atoms with van der Waals surface area (Å²) in [6.07, 6.45) is 3.03. The molecule has 0 aliphatic carbocycles. The van der Waals surface area contributed by atoms with Crippen molar-refractivity contribution in [2.45, 2.75) is 85.9 Å². The third-order valence-electron chi connectivity index (χ3n) is 5.16. The predicted octanol–water partition coefficient (Wildman–Crippen LogP) is 3.32. The molecule has 0 bridgehead atoms. The van der Waals surface area contributed by atoms with Gasteiger partial charge in [0.15, 0.2) is 5.96 Å². The second-order valence-corrected chi connectivity index (χ2v) is 8.44. The van der Waals surface area contributed by atoms with Crippen LogP contribution in [0.2, 0.25) is 0 Å². The molecule has 7 heteroatoms. The Labute approximate surface area is 190 Å². The van der Waals surface area contributed by atoms with Gasteiger partial charge in [-0.15, -0.1) is 24.0 Å². The molecule has 2 N–H and O–H groups in total. The van der Waals surface area contributed by atoms with Crippen LogP contribution in [0.25, 0.3) is 0 Å². The van der Waals surface area contributed by atoms with Gasteiger partial charge in [-0.2, -0.15) is 0 Å². The van der Waals surface area contributed by atoms with Crippen LogP contribution in [-0.4, -0.2) is 72.5 Å². The Bertz CT molecular complexity index is 452. The SMILES string of the molecule is CCNC(=NCCCN(C(C)C)C(C)C)NC1CCN(C(=O)C(C)C)CC1.I. The lowest BCUT2D eigenvalue weighted by Gasteiger charge is -2.34. The van der Waals surface area contributed by atoms with E-state index in [0.717, 1.165) is 57.9 Å². The topological polar surface area (TPSA) is 60.0 Å². The summed E-state index contributed by atoms with van der Waals surface area (Å²) in [6, 6.07) is 1.53. The van der Waals surface area contributed by atoms with Crippen molar-refractivity contribution in [3.8, 4) is 0 Å². The fraction of sp³-hybridized carbons (Fsp3) is 0.905. The molecule has 0 saturated carbocycles. The molecule has 0 aromatic heterocycles. The van der Waals surface area contributed by atoms with Crippen molar-refractivity contribution in [1.82, 2.24) is 20.4 Å². The van der Waals surface area contributed by atoms with Gasteiger partial charge in [-0.1, -0.05) is 13.8 Å². The Morgan fingerprint density at radius 1 is 1.11 bits per heavy atom. The van der Waals surface area contributed by atoms with Gasteiger partial charge in [0.05, 0.1) is 0 Å². The van der Waals surface area contributed by atoms with Crippen molar-refractivity contribution in [3.63, 3.8) is 0 Å². The molecule has 1 aliphatic rings. The number of likely N-dealkylation sites (tertiary alicyclic amines) is 1. The van der Waals surface area contributed by atoms with Crippen LogP contribution in [0.5, 0.6) is 0 Å². The van der Waals surface area contributed by atoms with Gasteiger partial charge in [0.25, 0.3) is 0 Å². The van der Waals surface area contributed by atoms with Crippen LogP contribution in [-0.2, 0) is 4.79 Å². The van der Waals surface area contributed by atoms with Crippen molar-refractivity contribution >= 4 is 35.8 Å². The fourth-order valence-corrected chi connectivity index (χ4v) is 3.68. The van der Waals surface area contributed by atoms with Crippen molar-refractivity contribution in [1.29, 1.82) is 0 Å². The second kappa shape index (κ2) is 14.4. The Hall–Kier alpha value is -0.570. The summed E-state index contributed by atoms with van der Waals surface area (Å²) in [7, 11) is 0. The molecule has 1 fully saturated rings. The van der Waals surface area contributed by atoms with E-state index in [9.17, 15) is 4.79 Å². The molecule has 1 saturated heterocycles. The lowest BCUT2D eigenvalue weighted by Crippen LogP contribution is -2.50. The third-order valence-corrected chi connectivity index (χ3v) is 5.16. The molecule has 1 amide bonds. The van der Waals surface area contributed by atoms with Crippen molar-refractivity contribution in [2.75, 3.05) is 32.7 Å². The standard InChI is InChI=1S/C21H43N5O.HI/c1-8-22-21(23-12-9-13-26(17(4)5)18(6)7)24-19-10-14-25(15-11-19)20(27)16(2)3;/h16-19H,8-15H2,1-7H3,(H2,22,23,24);1H. The molecule has 1 heterocycles. The molecule has 166 valence electrons. The highest BCUT2D eigenvalue weighted by Crippen LogP contribution is 2.13. The van der Waals surface area contributed by atoms with Crippen molar-refractivity contribution < 1.29 is 4.79 Å². The van der Waals surface area contributed by atoms with Crippen molar-refractivity contribution in [2.24, 2.45) is 10.9 Å². The van der Waals surface area contributed by atoms with Gasteiger partial charge >= 0.3 is 0 Å². The number of hydrogen-bond acceptors (Lipinski definition) is 3. The zero-order chi connectivity index (χ0) is 20.4. The molecule has 0 spiro atoms. The van der Waals surface area contributed by atoms with Crippen LogP contribution in [0.1, 0.15) is 67.7 Å². The van der Waals surface area contributed by atoms with Gasteiger partial charge < -0.3 is 15.5 Å². The number of amides is 1. The summed E-state index contributed by atoms with van der Waals surface area (Å²) in [4.78, 5) is 21.4. The van der Waals surface area contributed by atoms with E-state index >= 15 is 0 Å². The molecular weight excluding hydrogens is 465 g/mol. The summed E-state index contributed by atoms with van der Waals surface area (Å²) in [5.41, 5.74) is 0. The Morgan fingerprint density at radius 2 is 1.68 bits per heavy atom. The van der Waals surface area contributed by atoms with Crippen LogP contribution in [0.15, 0.2) is 4.99 Å². The van der Waals surface area contributed by atoms with Crippen LogP contribution in [0, 0.1) is 5.92 Å². The third kappa shape index (κ3) is 9.76. The number of aliphatic imine (C=N–C) groups is 1. The first-order valence-electron chi connectivity index (χ1n) is 10.9. The summed E-state index contributed by atoms with van der Waals surface area (Å²) in [6.45, 7) is 19.5. The average Bonchev–Trinajstić information content (AvgIpc) is 2.60. The Morgan fingerprint density at radius 3 is 2.14 bits per heavy atom. The number of carbonyl (C=O) groups excluding carboxylic acids is 1. The van der Waals surface area contributed by atoms with E-state index < -0.39 is 0 Å². The predicted molar refractivity (Wildman–Crippen MR) is 131 cm³/mol. The number of piperidine rings is 1. The van der Waals surface area contributed by atoms with E-state index in [2.05, 4.69) is 50.2 Å². The van der Waals surface area contributed by atoms with Crippen molar-refractivity contribution in [3.05, 3.63) is 0 Å². The summed E-state index contributed by atoms with van der Waals surface area (Å²) >= 11 is 0. The monoisotopic (exact) mass is 509 g/mol. The van der Waals surface area contributed by atoms with Crippen LogP contribution < -0.4 is 10.6 Å². The molecule has 0 atom stereocenters. The minimum Gasteiger partial charge on any atom is -0.357 e. The minimum absolute atomic E-state index is 0. The first kappa shape index (κ1) is 27.4. The Kier molecular flexibility index (Phi) is 14.1. The van der Waals surface area contributed by atoms with E-state index in [0.29, 0.717) is 18.1 Å². The van der Waals surface area contributed by atoms with Crippen LogP contribution in [0.4, 0.5) is 0 Å². The lowest BCUT2D eigenvalue weighted by molar-refractivity contribution is -0.135. The normalized spacial score (nSPS) is 16.1. The minimum atomic E-state index is 0. The largest absolute Gasteiger partial charge is 0.357 e. The van der Waals surface area contributed by atoms with Gasteiger partial charge in [0, 0.05) is 56.8 Å². The Balaban J connectivity index is 0.00000729. The molecular formula is C21H44IN5O. The van der Waals surface area contributed by atoms with Gasteiger partial charge in [-0.05, 0) is 53.9 Å². The fourth-order valence-electron chi connectivity index (χ4n) is 3.68. The first-order chi connectivity index (χ1) is 12.8. The van der Waals surface area contributed by atoms with Gasteiger partial charge in [0.1, 0.15) is 0 Å². The molecule has 0 aromatic carbocycles. The van der Waals surface area contributed by atoms with E-state index in [4.69, 9.17) is 4.99 Å². The molecule has 1 aliphatic heterocycles. The van der Waals surface area contributed by atoms with Gasteiger partial charge in [-0.3, -0.25) is 14.7 Å². The summed E-state index contributed by atoms with van der Waals surface area (Å²) < 4.78 is 0. The summed E-state index contributed by atoms with van der Waals surface area (Å²) in [5, 5.41) is 6.93. The average molecular weight is 510 g/mol. The second-order valence-electron chi connectivity index (χ2n) is 8.44. The molecule has 1 rings (SSSR count). The van der Waals surface area contributed by atoms with E-state index in [1.807, 2.05) is 18.7 Å². The maximum absolute atomic E-state index is 12.1. The smallest absolute Gasteiger partial charge is 0.225 e. The van der Waals surface area contributed by atoms with Crippen LogP contribution >= 0.6 is 24.0 Å². The number of rotatable bonds is 9. The number of guanidine groups is 1. The zero-order valence-electron chi connectivity index (χ0n) is 19.1. The quantitative estimate of drug-likeness (QED) is 0.217. The van der Waals surface area contributed by atoms with Gasteiger partial charge in [0.2, 0.25) is 5.91 Å². The van der Waals surface area contributed by atoms with Crippen LogP contribution in [0.3, 0.4) is 0 Å². The highest BCUT2D eigenvalue weighted by atomic mass is 127. The maximum Gasteiger partial charge on any atom is 0.225 e. The molecule has 0 radical (unpaired) electrons. The first-order valence-corrected chi connectivity index (χ1v) is 10.9. The van der Waals surface area contributed by atoms with E-state index in [-0.39, 0.29) is 35.8 Å². The number of nitrogens with zero attached hydrogens (tertiary/aromatic N) is 3. The number of halogens is 1. The number of carbonyl (C=O) groups is 1. The molecule has 6 nitrogen and oxygen atoms in total. The maximum atomic E-state index is 12.1. The molecule has 0 aromatic rings. The van der Waals surface area contributed by atoms with E-state index in [1.165, 1.54) is 0 Å². The highest BCUT2D eigenvalue weighted by molar-refractivity contribution is 14.0.